The van der Waals surface area contributed by atoms with Crippen molar-refractivity contribution in [1.82, 2.24) is 10.3 Å². The third-order valence-electron chi connectivity index (χ3n) is 3.30. The Balaban J connectivity index is 2.00. The summed E-state index contributed by atoms with van der Waals surface area (Å²) in [6, 6.07) is 0.532. The molecule has 1 unspecified atom stereocenters. The summed E-state index contributed by atoms with van der Waals surface area (Å²) in [6.07, 6.45) is 5.36. The minimum atomic E-state index is 0.250. The van der Waals surface area contributed by atoms with Gasteiger partial charge in [0, 0.05) is 42.6 Å². The van der Waals surface area contributed by atoms with E-state index < -0.39 is 0 Å². The fraction of sp³-hybridized carbons (Fsp3) is 0.769. The summed E-state index contributed by atoms with van der Waals surface area (Å²) in [5.74, 6) is 0. The maximum Gasteiger partial charge on any atom is 0.0931 e. The summed E-state index contributed by atoms with van der Waals surface area (Å²) in [7, 11) is 0. The van der Waals surface area contributed by atoms with Gasteiger partial charge >= 0.3 is 0 Å². The largest absolute Gasteiger partial charge is 0.381 e. The second-order valence-electron chi connectivity index (χ2n) is 5.29. The van der Waals surface area contributed by atoms with Gasteiger partial charge in [0.1, 0.15) is 0 Å². The fourth-order valence-electron chi connectivity index (χ4n) is 2.33. The van der Waals surface area contributed by atoms with Gasteiger partial charge in [-0.05, 0) is 12.8 Å². The van der Waals surface area contributed by atoms with Crippen LogP contribution in [0.15, 0.2) is 11.6 Å². The van der Waals surface area contributed by atoms with Crippen LogP contribution in [0, 0.1) is 5.41 Å². The Hall–Kier alpha value is -0.450. The third-order valence-corrected chi connectivity index (χ3v) is 4.08. The molecule has 1 fully saturated rings. The van der Waals surface area contributed by atoms with Gasteiger partial charge in [-0.15, -0.1) is 11.3 Å². The van der Waals surface area contributed by atoms with E-state index in [1.54, 1.807) is 11.3 Å². The highest BCUT2D eigenvalue weighted by Crippen LogP contribution is 2.32. The van der Waals surface area contributed by atoms with Crippen LogP contribution in [0.2, 0.25) is 0 Å². The number of nitrogens with zero attached hydrogens (tertiary/aromatic N) is 1. The van der Waals surface area contributed by atoms with E-state index in [-0.39, 0.29) is 5.41 Å². The smallest absolute Gasteiger partial charge is 0.0931 e. The number of nitrogens with one attached hydrogen (secondary N) is 1. The Labute approximate surface area is 108 Å². The van der Waals surface area contributed by atoms with E-state index in [2.05, 4.69) is 29.5 Å². The van der Waals surface area contributed by atoms with Crippen LogP contribution in [-0.2, 0) is 11.2 Å². The van der Waals surface area contributed by atoms with E-state index in [0.717, 1.165) is 26.2 Å². The molecule has 2 heterocycles. The van der Waals surface area contributed by atoms with E-state index >= 15 is 0 Å². The van der Waals surface area contributed by atoms with Crippen molar-refractivity contribution in [3.8, 4) is 0 Å². The number of ether oxygens (including phenoxy) is 1. The number of aromatic nitrogens is 1. The van der Waals surface area contributed by atoms with Crippen molar-refractivity contribution < 1.29 is 4.74 Å². The van der Waals surface area contributed by atoms with Crippen molar-refractivity contribution in [3.05, 3.63) is 16.6 Å². The summed E-state index contributed by atoms with van der Waals surface area (Å²) in [6.45, 7) is 7.21. The highest BCUT2D eigenvalue weighted by atomic mass is 32.1. The van der Waals surface area contributed by atoms with Gasteiger partial charge in [0.25, 0.3) is 0 Å². The molecule has 17 heavy (non-hydrogen) atoms. The van der Waals surface area contributed by atoms with Crippen molar-refractivity contribution in [2.24, 2.45) is 5.41 Å². The maximum atomic E-state index is 5.70. The number of thiazole rings is 1. The molecule has 1 saturated heterocycles. The Bertz CT molecular complexity index is 318. The molecule has 1 aliphatic heterocycles. The molecule has 0 radical (unpaired) electrons. The lowest BCUT2D eigenvalue weighted by Crippen LogP contribution is -2.44. The van der Waals surface area contributed by atoms with Crippen molar-refractivity contribution in [1.29, 1.82) is 0 Å². The normalized spacial score (nSPS) is 25.4. The van der Waals surface area contributed by atoms with Gasteiger partial charge < -0.3 is 10.1 Å². The van der Waals surface area contributed by atoms with Crippen molar-refractivity contribution in [2.45, 2.75) is 39.2 Å². The summed E-state index contributed by atoms with van der Waals surface area (Å²) < 4.78 is 5.70. The molecule has 1 N–H and O–H groups in total. The third kappa shape index (κ3) is 3.76. The lowest BCUT2D eigenvalue weighted by Gasteiger charge is -2.37. The van der Waals surface area contributed by atoms with E-state index in [0.29, 0.717) is 6.04 Å². The zero-order valence-electron chi connectivity index (χ0n) is 10.7. The average molecular weight is 254 g/mol. The fourth-order valence-corrected chi connectivity index (χ4v) is 3.12. The lowest BCUT2D eigenvalue weighted by molar-refractivity contribution is -0.00804. The van der Waals surface area contributed by atoms with Crippen LogP contribution >= 0.6 is 11.3 Å². The van der Waals surface area contributed by atoms with Gasteiger partial charge in [-0.3, -0.25) is 0 Å². The Morgan fingerprint density at radius 1 is 1.59 bits per heavy atom. The molecular weight excluding hydrogens is 232 g/mol. The highest BCUT2D eigenvalue weighted by molar-refractivity contribution is 7.09. The van der Waals surface area contributed by atoms with Crippen LogP contribution in [0.3, 0.4) is 0 Å². The van der Waals surface area contributed by atoms with Gasteiger partial charge in [0.2, 0.25) is 0 Å². The van der Waals surface area contributed by atoms with Gasteiger partial charge in [-0.25, -0.2) is 4.98 Å². The molecule has 0 spiro atoms. The molecule has 0 saturated carbocycles. The first-order chi connectivity index (χ1) is 8.20. The predicted octanol–water partition coefficient (Wildman–Crippen LogP) is 2.48. The molecule has 0 amide bonds. The molecule has 0 aliphatic carbocycles. The van der Waals surface area contributed by atoms with E-state index in [9.17, 15) is 0 Å². The molecule has 1 atom stereocenters. The number of hydrogen-bond donors (Lipinski definition) is 1. The summed E-state index contributed by atoms with van der Waals surface area (Å²) in [4.78, 5) is 4.42. The molecule has 4 heteroatoms. The van der Waals surface area contributed by atoms with Crippen molar-refractivity contribution in [3.63, 3.8) is 0 Å². The van der Waals surface area contributed by atoms with E-state index in [1.165, 1.54) is 17.8 Å². The van der Waals surface area contributed by atoms with Crippen LogP contribution < -0.4 is 5.32 Å². The van der Waals surface area contributed by atoms with Crippen LogP contribution in [0.5, 0.6) is 0 Å². The SMILES string of the molecule is CC(C)NCC1(Cc2nccs2)CCCOC1. The highest BCUT2D eigenvalue weighted by Gasteiger charge is 2.33. The topological polar surface area (TPSA) is 34.2 Å². The van der Waals surface area contributed by atoms with E-state index in [4.69, 9.17) is 4.74 Å². The van der Waals surface area contributed by atoms with Crippen molar-refractivity contribution >= 4 is 11.3 Å². The Kier molecular flexibility index (Phi) is 4.54. The minimum absolute atomic E-state index is 0.250. The molecule has 96 valence electrons. The number of rotatable bonds is 5. The zero-order chi connectivity index (χ0) is 12.1. The molecule has 1 aliphatic rings. The molecule has 3 nitrogen and oxygen atoms in total. The second-order valence-corrected chi connectivity index (χ2v) is 6.27. The molecule has 1 aromatic rings. The van der Waals surface area contributed by atoms with Crippen molar-refractivity contribution in [2.75, 3.05) is 19.8 Å². The first kappa shape index (κ1) is 13.0. The second kappa shape index (κ2) is 5.94. The summed E-state index contributed by atoms with van der Waals surface area (Å²) >= 11 is 1.75. The van der Waals surface area contributed by atoms with Crippen LogP contribution in [0.25, 0.3) is 0 Å². The molecule has 0 bridgehead atoms. The maximum absolute atomic E-state index is 5.70. The summed E-state index contributed by atoms with van der Waals surface area (Å²) in [5.41, 5.74) is 0.250. The monoisotopic (exact) mass is 254 g/mol. The Morgan fingerprint density at radius 3 is 3.06 bits per heavy atom. The first-order valence-electron chi connectivity index (χ1n) is 6.40. The predicted molar refractivity (Wildman–Crippen MR) is 71.4 cm³/mol. The van der Waals surface area contributed by atoms with Gasteiger partial charge in [0.05, 0.1) is 11.6 Å². The minimum Gasteiger partial charge on any atom is -0.381 e. The Morgan fingerprint density at radius 2 is 2.47 bits per heavy atom. The van der Waals surface area contributed by atoms with Gasteiger partial charge in [-0.2, -0.15) is 0 Å². The lowest BCUT2D eigenvalue weighted by atomic mass is 9.79. The molecule has 0 aromatic carbocycles. The quantitative estimate of drug-likeness (QED) is 0.876. The molecule has 2 rings (SSSR count). The average Bonchev–Trinajstić information content (AvgIpc) is 2.80. The first-order valence-corrected chi connectivity index (χ1v) is 7.28. The number of hydrogen-bond acceptors (Lipinski definition) is 4. The zero-order valence-corrected chi connectivity index (χ0v) is 11.6. The summed E-state index contributed by atoms with van der Waals surface area (Å²) in [5, 5.41) is 6.86. The van der Waals surface area contributed by atoms with Crippen LogP contribution in [0.1, 0.15) is 31.7 Å². The van der Waals surface area contributed by atoms with Gasteiger partial charge in [0.15, 0.2) is 0 Å². The molecule has 1 aromatic heterocycles. The van der Waals surface area contributed by atoms with Crippen LogP contribution in [-0.4, -0.2) is 30.8 Å². The van der Waals surface area contributed by atoms with Gasteiger partial charge in [-0.1, -0.05) is 13.8 Å². The standard InChI is InChI=1S/C13H22N2OS/c1-11(2)15-9-13(4-3-6-16-10-13)8-12-14-5-7-17-12/h5,7,11,15H,3-4,6,8-10H2,1-2H3. The molecular formula is C13H22N2OS. The van der Waals surface area contributed by atoms with E-state index in [1.807, 2.05) is 6.20 Å². The van der Waals surface area contributed by atoms with Crippen LogP contribution in [0.4, 0.5) is 0 Å².